The van der Waals surface area contributed by atoms with Crippen LogP contribution in [0.1, 0.15) is 19.4 Å². The molecule has 2 aliphatic rings. The van der Waals surface area contributed by atoms with Crippen molar-refractivity contribution in [2.75, 3.05) is 5.32 Å². The first-order valence-corrected chi connectivity index (χ1v) is 5.54. The van der Waals surface area contributed by atoms with E-state index in [4.69, 9.17) is 9.47 Å². The fourth-order valence-electron chi connectivity index (χ4n) is 2.03. The van der Waals surface area contributed by atoms with Crippen molar-refractivity contribution in [3.05, 3.63) is 30.0 Å². The Morgan fingerprint density at radius 1 is 1.35 bits per heavy atom. The first kappa shape index (κ1) is 10.2. The molecule has 0 spiro atoms. The molecule has 0 bridgehead atoms. The van der Waals surface area contributed by atoms with Crippen LogP contribution in [0.3, 0.4) is 0 Å². The molecular weight excluding hydrogens is 218 g/mol. The van der Waals surface area contributed by atoms with Crippen LogP contribution in [0.2, 0.25) is 0 Å². The minimum atomic E-state index is -0.415. The molecule has 2 aliphatic heterocycles. The first-order chi connectivity index (χ1) is 8.05. The summed E-state index contributed by atoms with van der Waals surface area (Å²) in [6, 6.07) is 3.75. The molecule has 3 rings (SSSR count). The Bertz CT molecular complexity index is 532. The molecule has 1 aromatic carbocycles. The summed E-state index contributed by atoms with van der Waals surface area (Å²) in [5.41, 5.74) is 1.27. The van der Waals surface area contributed by atoms with Crippen LogP contribution >= 0.6 is 0 Å². The summed E-state index contributed by atoms with van der Waals surface area (Å²) in [6.07, 6.45) is 3.85. The van der Waals surface area contributed by atoms with E-state index >= 15 is 0 Å². The van der Waals surface area contributed by atoms with Gasteiger partial charge in [-0.25, -0.2) is 0 Å². The molecule has 1 amide bonds. The minimum Gasteiger partial charge on any atom is -0.480 e. The van der Waals surface area contributed by atoms with E-state index in [1.54, 1.807) is 6.26 Å². The van der Waals surface area contributed by atoms with E-state index in [9.17, 15) is 4.79 Å². The summed E-state index contributed by atoms with van der Waals surface area (Å²) < 4.78 is 11.4. The van der Waals surface area contributed by atoms with Crippen LogP contribution in [0.25, 0.3) is 0 Å². The Morgan fingerprint density at radius 2 is 2.18 bits per heavy atom. The quantitative estimate of drug-likeness (QED) is 0.745. The second-order valence-electron chi connectivity index (χ2n) is 4.78. The van der Waals surface area contributed by atoms with Gasteiger partial charge in [-0.05, 0) is 31.6 Å². The number of hydrogen-bond acceptors (Lipinski definition) is 3. The molecule has 88 valence electrons. The molecule has 1 N–H and O–H groups in total. The fourth-order valence-corrected chi connectivity index (χ4v) is 2.03. The SMILES string of the molecule is CC1(C)C=COc2c(ccc3c2NC(=O)C3)O1. The molecule has 0 atom stereocenters. The van der Waals surface area contributed by atoms with Crippen LogP contribution in [0, 0.1) is 0 Å². The van der Waals surface area contributed by atoms with Gasteiger partial charge in [-0.15, -0.1) is 0 Å². The van der Waals surface area contributed by atoms with Crippen LogP contribution in [0.15, 0.2) is 24.5 Å². The number of hydrogen-bond donors (Lipinski definition) is 1. The van der Waals surface area contributed by atoms with Crippen molar-refractivity contribution in [3.8, 4) is 11.5 Å². The number of carbonyl (C=O) groups excluding carboxylic acids is 1. The number of rotatable bonds is 0. The van der Waals surface area contributed by atoms with E-state index in [0.717, 1.165) is 11.3 Å². The van der Waals surface area contributed by atoms with Crippen LogP contribution < -0.4 is 14.8 Å². The Morgan fingerprint density at radius 3 is 3.00 bits per heavy atom. The van der Waals surface area contributed by atoms with E-state index in [-0.39, 0.29) is 5.91 Å². The zero-order chi connectivity index (χ0) is 12.0. The average molecular weight is 231 g/mol. The molecule has 4 nitrogen and oxygen atoms in total. The molecule has 0 fully saturated rings. The van der Waals surface area contributed by atoms with E-state index in [0.29, 0.717) is 17.9 Å². The Labute approximate surface area is 99.2 Å². The summed E-state index contributed by atoms with van der Waals surface area (Å²) in [7, 11) is 0. The van der Waals surface area contributed by atoms with Gasteiger partial charge in [0.1, 0.15) is 5.60 Å². The summed E-state index contributed by atoms with van der Waals surface area (Å²) in [5.74, 6) is 1.24. The summed E-state index contributed by atoms with van der Waals surface area (Å²) in [5, 5.41) is 2.80. The van der Waals surface area contributed by atoms with Gasteiger partial charge in [0, 0.05) is 0 Å². The van der Waals surface area contributed by atoms with Gasteiger partial charge in [0.05, 0.1) is 18.4 Å². The Kier molecular flexibility index (Phi) is 1.96. The molecule has 0 aliphatic carbocycles. The van der Waals surface area contributed by atoms with Crippen molar-refractivity contribution >= 4 is 11.6 Å². The zero-order valence-corrected chi connectivity index (χ0v) is 9.74. The Hall–Kier alpha value is -1.97. The molecule has 0 saturated carbocycles. The highest BCUT2D eigenvalue weighted by Crippen LogP contribution is 2.43. The number of benzene rings is 1. The van der Waals surface area contributed by atoms with Crippen molar-refractivity contribution in [2.24, 2.45) is 0 Å². The highest BCUT2D eigenvalue weighted by atomic mass is 16.5. The fraction of sp³-hybridized carbons (Fsp3) is 0.308. The van der Waals surface area contributed by atoms with E-state index in [1.165, 1.54) is 0 Å². The highest BCUT2D eigenvalue weighted by molar-refractivity contribution is 6.01. The van der Waals surface area contributed by atoms with Crippen LogP contribution in [-0.4, -0.2) is 11.5 Å². The van der Waals surface area contributed by atoms with Gasteiger partial charge in [-0.2, -0.15) is 0 Å². The van der Waals surface area contributed by atoms with Crippen LogP contribution in [0.4, 0.5) is 5.69 Å². The number of carbonyl (C=O) groups is 1. The van der Waals surface area contributed by atoms with Gasteiger partial charge in [0.25, 0.3) is 0 Å². The van der Waals surface area contributed by atoms with Gasteiger partial charge < -0.3 is 14.8 Å². The van der Waals surface area contributed by atoms with Crippen LogP contribution in [0.5, 0.6) is 11.5 Å². The number of nitrogens with one attached hydrogen (secondary N) is 1. The van der Waals surface area contributed by atoms with E-state index < -0.39 is 5.60 Å². The monoisotopic (exact) mass is 231 g/mol. The van der Waals surface area contributed by atoms with E-state index in [1.807, 2.05) is 32.1 Å². The maximum Gasteiger partial charge on any atom is 0.228 e. The molecule has 0 saturated heterocycles. The molecule has 0 radical (unpaired) electrons. The third kappa shape index (κ3) is 1.65. The molecule has 0 aromatic heterocycles. The van der Waals surface area contributed by atoms with Crippen molar-refractivity contribution in [1.82, 2.24) is 0 Å². The van der Waals surface area contributed by atoms with Crippen molar-refractivity contribution in [1.29, 1.82) is 0 Å². The smallest absolute Gasteiger partial charge is 0.228 e. The molecule has 4 heteroatoms. The lowest BCUT2D eigenvalue weighted by molar-refractivity contribution is -0.115. The summed E-state index contributed by atoms with van der Waals surface area (Å²) in [6.45, 7) is 3.90. The third-order valence-corrected chi connectivity index (χ3v) is 2.85. The van der Waals surface area contributed by atoms with Crippen molar-refractivity contribution in [2.45, 2.75) is 25.9 Å². The minimum absolute atomic E-state index is 0.00973. The van der Waals surface area contributed by atoms with Crippen LogP contribution in [-0.2, 0) is 11.2 Å². The largest absolute Gasteiger partial charge is 0.480 e. The molecular formula is C13H13NO3. The standard InChI is InChI=1S/C13H13NO3/c1-13(2)5-6-16-12-9(17-13)4-3-8-7-10(15)14-11(8)12/h3-6H,7H2,1-2H3,(H,14,15). The lowest BCUT2D eigenvalue weighted by atomic mass is 10.1. The highest BCUT2D eigenvalue weighted by Gasteiger charge is 2.28. The molecule has 2 heterocycles. The third-order valence-electron chi connectivity index (χ3n) is 2.85. The number of anilines is 1. The van der Waals surface area contributed by atoms with Gasteiger partial charge in [0.2, 0.25) is 5.91 Å². The summed E-state index contributed by atoms with van der Waals surface area (Å²) >= 11 is 0. The summed E-state index contributed by atoms with van der Waals surface area (Å²) in [4.78, 5) is 11.4. The van der Waals surface area contributed by atoms with Gasteiger partial charge >= 0.3 is 0 Å². The van der Waals surface area contributed by atoms with E-state index in [2.05, 4.69) is 5.32 Å². The normalized spacial score (nSPS) is 19.5. The topological polar surface area (TPSA) is 47.6 Å². The maximum absolute atomic E-state index is 11.4. The lowest BCUT2D eigenvalue weighted by Gasteiger charge is -2.21. The first-order valence-electron chi connectivity index (χ1n) is 5.54. The van der Waals surface area contributed by atoms with Gasteiger partial charge in [-0.1, -0.05) is 6.07 Å². The van der Waals surface area contributed by atoms with Crippen molar-refractivity contribution < 1.29 is 14.3 Å². The maximum atomic E-state index is 11.4. The number of amides is 1. The zero-order valence-electron chi connectivity index (χ0n) is 9.74. The van der Waals surface area contributed by atoms with Gasteiger partial charge in [-0.3, -0.25) is 4.79 Å². The Balaban J connectivity index is 2.12. The van der Waals surface area contributed by atoms with Gasteiger partial charge in [0.15, 0.2) is 11.5 Å². The second-order valence-corrected chi connectivity index (χ2v) is 4.78. The molecule has 0 unspecified atom stereocenters. The molecule has 1 aromatic rings. The molecule has 17 heavy (non-hydrogen) atoms. The predicted molar refractivity (Wildman–Crippen MR) is 63.3 cm³/mol. The predicted octanol–water partition coefficient (Wildman–Crippen LogP) is 2.24. The van der Waals surface area contributed by atoms with Crippen molar-refractivity contribution in [3.63, 3.8) is 0 Å². The second kappa shape index (κ2) is 3.26. The average Bonchev–Trinajstić information content (AvgIpc) is 2.53. The number of ether oxygens (including phenoxy) is 2. The lowest BCUT2D eigenvalue weighted by Crippen LogP contribution is -2.24. The number of fused-ring (bicyclic) bond motifs is 3.